The van der Waals surface area contributed by atoms with Crippen molar-refractivity contribution in [2.45, 2.75) is 45.3 Å². The Morgan fingerprint density at radius 3 is 2.79 bits per heavy atom. The first-order chi connectivity index (χ1) is 9.20. The molecule has 2 aliphatic rings. The molecule has 0 radical (unpaired) electrons. The molecule has 0 spiro atoms. The minimum absolute atomic E-state index is 0.324. The molecule has 1 aliphatic heterocycles. The molecule has 4 heteroatoms. The van der Waals surface area contributed by atoms with E-state index in [1.54, 1.807) is 0 Å². The Bertz CT molecular complexity index is 261. The van der Waals surface area contributed by atoms with E-state index >= 15 is 0 Å². The summed E-state index contributed by atoms with van der Waals surface area (Å²) in [4.78, 5) is 2.49. The summed E-state index contributed by atoms with van der Waals surface area (Å²) in [6.07, 6.45) is 4.06. The molecule has 1 saturated carbocycles. The molecule has 0 aromatic heterocycles. The first-order valence-electron chi connectivity index (χ1n) is 7.88. The Balaban J connectivity index is 1.65. The van der Waals surface area contributed by atoms with Crippen LogP contribution >= 0.6 is 0 Å². The van der Waals surface area contributed by atoms with E-state index in [-0.39, 0.29) is 0 Å². The monoisotopic (exact) mass is 270 g/mol. The summed E-state index contributed by atoms with van der Waals surface area (Å²) < 4.78 is 5.82. The van der Waals surface area contributed by atoms with Gasteiger partial charge >= 0.3 is 0 Å². The minimum Gasteiger partial charge on any atom is -0.396 e. The summed E-state index contributed by atoms with van der Waals surface area (Å²) in [5.74, 6) is 1.18. The first-order valence-corrected chi connectivity index (χ1v) is 7.88. The van der Waals surface area contributed by atoms with Crippen molar-refractivity contribution in [1.82, 2.24) is 10.2 Å². The second-order valence-electron chi connectivity index (χ2n) is 6.37. The Labute approximate surface area is 117 Å². The van der Waals surface area contributed by atoms with Crippen LogP contribution in [-0.2, 0) is 4.74 Å². The third kappa shape index (κ3) is 4.42. The molecule has 1 heterocycles. The van der Waals surface area contributed by atoms with Gasteiger partial charge in [0.25, 0.3) is 0 Å². The fraction of sp³-hybridized carbons (Fsp3) is 1.00. The predicted octanol–water partition coefficient (Wildman–Crippen LogP) is 1.09. The lowest BCUT2D eigenvalue weighted by Gasteiger charge is -2.35. The van der Waals surface area contributed by atoms with Crippen LogP contribution in [0.1, 0.15) is 33.1 Å². The van der Waals surface area contributed by atoms with E-state index in [2.05, 4.69) is 24.1 Å². The van der Waals surface area contributed by atoms with Crippen molar-refractivity contribution in [3.05, 3.63) is 0 Å². The van der Waals surface area contributed by atoms with Gasteiger partial charge in [-0.25, -0.2) is 0 Å². The topological polar surface area (TPSA) is 44.7 Å². The zero-order valence-electron chi connectivity index (χ0n) is 12.5. The largest absolute Gasteiger partial charge is 0.396 e. The molecule has 1 aliphatic carbocycles. The average molecular weight is 270 g/mol. The molecular formula is C15H30N2O2. The van der Waals surface area contributed by atoms with Crippen LogP contribution in [0.2, 0.25) is 0 Å². The SMILES string of the molecule is CC(C)N1CCOC(CNCC2CCCC2CO)C1. The lowest BCUT2D eigenvalue weighted by molar-refractivity contribution is -0.0375. The first kappa shape index (κ1) is 15.2. The van der Waals surface area contributed by atoms with E-state index in [4.69, 9.17) is 4.74 Å². The Kier molecular flexibility index (Phi) is 6.07. The van der Waals surface area contributed by atoms with Gasteiger partial charge in [-0.2, -0.15) is 0 Å². The normalized spacial score (nSPS) is 33.2. The molecule has 4 nitrogen and oxygen atoms in total. The van der Waals surface area contributed by atoms with Gasteiger partial charge in [-0.15, -0.1) is 0 Å². The molecule has 3 unspecified atom stereocenters. The number of hydrogen-bond donors (Lipinski definition) is 2. The van der Waals surface area contributed by atoms with Gasteiger partial charge in [-0.1, -0.05) is 6.42 Å². The van der Waals surface area contributed by atoms with Crippen LogP contribution in [0.25, 0.3) is 0 Å². The number of rotatable bonds is 6. The Hall–Kier alpha value is -0.160. The maximum Gasteiger partial charge on any atom is 0.0826 e. The fourth-order valence-corrected chi connectivity index (χ4v) is 3.39. The quantitative estimate of drug-likeness (QED) is 0.758. The van der Waals surface area contributed by atoms with Gasteiger partial charge in [-0.3, -0.25) is 4.90 Å². The van der Waals surface area contributed by atoms with E-state index < -0.39 is 0 Å². The number of aliphatic hydroxyl groups is 1. The summed E-state index contributed by atoms with van der Waals surface area (Å²) >= 11 is 0. The molecule has 0 bridgehead atoms. The standard InChI is InChI=1S/C15H30N2O2/c1-12(2)17-6-7-19-15(10-17)9-16-8-13-4-3-5-14(13)11-18/h12-16,18H,3-11H2,1-2H3. The highest BCUT2D eigenvalue weighted by Gasteiger charge is 2.27. The van der Waals surface area contributed by atoms with Crippen LogP contribution in [0.5, 0.6) is 0 Å². The van der Waals surface area contributed by atoms with Gasteiger partial charge in [-0.05, 0) is 45.1 Å². The summed E-state index contributed by atoms with van der Waals surface area (Å²) in [7, 11) is 0. The van der Waals surface area contributed by atoms with Crippen LogP contribution < -0.4 is 5.32 Å². The summed E-state index contributed by atoms with van der Waals surface area (Å²) in [5, 5.41) is 12.9. The lowest BCUT2D eigenvalue weighted by atomic mass is 9.97. The van der Waals surface area contributed by atoms with Crippen molar-refractivity contribution in [3.8, 4) is 0 Å². The van der Waals surface area contributed by atoms with E-state index in [1.807, 2.05) is 0 Å². The van der Waals surface area contributed by atoms with Crippen molar-refractivity contribution in [1.29, 1.82) is 0 Å². The highest BCUT2D eigenvalue weighted by Crippen LogP contribution is 2.30. The molecule has 3 atom stereocenters. The number of morpholine rings is 1. The van der Waals surface area contributed by atoms with Gasteiger partial charge < -0.3 is 15.2 Å². The summed E-state index contributed by atoms with van der Waals surface area (Å²) in [6, 6.07) is 0.611. The third-order valence-electron chi connectivity index (χ3n) is 4.73. The predicted molar refractivity (Wildman–Crippen MR) is 77.2 cm³/mol. The van der Waals surface area contributed by atoms with Gasteiger partial charge in [0.05, 0.1) is 12.7 Å². The average Bonchev–Trinajstić information content (AvgIpc) is 2.86. The van der Waals surface area contributed by atoms with E-state index in [9.17, 15) is 5.11 Å². The van der Waals surface area contributed by atoms with E-state index in [1.165, 1.54) is 19.3 Å². The van der Waals surface area contributed by atoms with Crippen molar-refractivity contribution in [3.63, 3.8) is 0 Å². The van der Waals surface area contributed by atoms with Crippen LogP contribution in [0.3, 0.4) is 0 Å². The molecule has 0 aromatic carbocycles. The number of nitrogens with one attached hydrogen (secondary N) is 1. The van der Waals surface area contributed by atoms with Gasteiger partial charge in [0, 0.05) is 32.3 Å². The second kappa shape index (κ2) is 7.58. The van der Waals surface area contributed by atoms with Gasteiger partial charge in [0.15, 0.2) is 0 Å². The highest BCUT2D eigenvalue weighted by atomic mass is 16.5. The van der Waals surface area contributed by atoms with Crippen LogP contribution in [0.4, 0.5) is 0 Å². The molecule has 112 valence electrons. The molecule has 0 amide bonds. The highest BCUT2D eigenvalue weighted by molar-refractivity contribution is 4.80. The maximum absolute atomic E-state index is 9.32. The molecule has 19 heavy (non-hydrogen) atoms. The Morgan fingerprint density at radius 2 is 2.05 bits per heavy atom. The zero-order chi connectivity index (χ0) is 13.7. The zero-order valence-corrected chi connectivity index (χ0v) is 12.5. The molecule has 2 rings (SSSR count). The summed E-state index contributed by atoms with van der Waals surface area (Å²) in [5.41, 5.74) is 0. The van der Waals surface area contributed by atoms with Crippen LogP contribution in [0, 0.1) is 11.8 Å². The molecule has 1 saturated heterocycles. The molecule has 2 N–H and O–H groups in total. The van der Waals surface area contributed by atoms with E-state index in [0.717, 1.165) is 32.8 Å². The van der Waals surface area contributed by atoms with Crippen molar-refractivity contribution < 1.29 is 9.84 Å². The van der Waals surface area contributed by atoms with Crippen molar-refractivity contribution in [2.24, 2.45) is 11.8 Å². The van der Waals surface area contributed by atoms with Crippen molar-refractivity contribution in [2.75, 3.05) is 39.4 Å². The molecule has 0 aromatic rings. The number of nitrogens with zero attached hydrogens (tertiary/aromatic N) is 1. The minimum atomic E-state index is 0.324. The Morgan fingerprint density at radius 1 is 1.26 bits per heavy atom. The number of hydrogen-bond acceptors (Lipinski definition) is 4. The number of aliphatic hydroxyl groups excluding tert-OH is 1. The lowest BCUT2D eigenvalue weighted by Crippen LogP contribution is -2.49. The molecular weight excluding hydrogens is 240 g/mol. The smallest absolute Gasteiger partial charge is 0.0826 e. The fourth-order valence-electron chi connectivity index (χ4n) is 3.39. The maximum atomic E-state index is 9.32. The van der Waals surface area contributed by atoms with Gasteiger partial charge in [0.1, 0.15) is 0 Å². The third-order valence-corrected chi connectivity index (χ3v) is 4.73. The number of ether oxygens (including phenoxy) is 1. The van der Waals surface area contributed by atoms with Crippen LogP contribution in [0.15, 0.2) is 0 Å². The van der Waals surface area contributed by atoms with Crippen molar-refractivity contribution >= 4 is 0 Å². The summed E-state index contributed by atoms with van der Waals surface area (Å²) in [6.45, 7) is 9.79. The van der Waals surface area contributed by atoms with E-state index in [0.29, 0.717) is 30.6 Å². The second-order valence-corrected chi connectivity index (χ2v) is 6.37. The molecule has 2 fully saturated rings. The van der Waals surface area contributed by atoms with Crippen LogP contribution in [-0.4, -0.2) is 61.5 Å². The van der Waals surface area contributed by atoms with Gasteiger partial charge in [0.2, 0.25) is 0 Å².